The number of nitrogens with zero attached hydrogens (tertiary/aromatic N) is 1. The van der Waals surface area contributed by atoms with Gasteiger partial charge in [0.2, 0.25) is 0 Å². The highest BCUT2D eigenvalue weighted by atomic mass is 35.5. The number of rotatable bonds is 4. The number of nitrogens with one attached hydrogen (secondary N) is 1. The summed E-state index contributed by atoms with van der Waals surface area (Å²) >= 11 is 5.82. The number of pyridine rings is 1. The van der Waals surface area contributed by atoms with E-state index in [4.69, 9.17) is 17.3 Å². The van der Waals surface area contributed by atoms with Gasteiger partial charge in [-0.3, -0.25) is 0 Å². The summed E-state index contributed by atoms with van der Waals surface area (Å²) in [6, 6.07) is 1.74. The summed E-state index contributed by atoms with van der Waals surface area (Å²) in [6.45, 7) is 3.30. The first-order valence-electron chi connectivity index (χ1n) is 6.80. The van der Waals surface area contributed by atoms with Crippen LogP contribution < -0.4 is 11.1 Å². The largest absolute Gasteiger partial charge is 0.396 e. The molecule has 2 rings (SSSR count). The zero-order valence-electron chi connectivity index (χ0n) is 11.0. The first kappa shape index (κ1) is 13.5. The molecule has 1 aliphatic carbocycles. The molecule has 0 aromatic carbocycles. The van der Waals surface area contributed by atoms with Crippen LogP contribution in [0.25, 0.3) is 0 Å². The van der Waals surface area contributed by atoms with Crippen molar-refractivity contribution in [1.29, 1.82) is 0 Å². The summed E-state index contributed by atoms with van der Waals surface area (Å²) in [5.41, 5.74) is 6.48. The number of nitrogens with two attached hydrogens (primary N) is 1. The Kier molecular flexibility index (Phi) is 4.70. The number of hydrogen-bond acceptors (Lipinski definition) is 3. The third kappa shape index (κ3) is 3.77. The SMILES string of the molecule is CC1CCCC(CCNc2ncc(Cl)cc2N)C1. The van der Waals surface area contributed by atoms with Gasteiger partial charge in [-0.05, 0) is 30.7 Å². The van der Waals surface area contributed by atoms with Crippen LogP contribution in [0.3, 0.4) is 0 Å². The van der Waals surface area contributed by atoms with Gasteiger partial charge in [-0.1, -0.05) is 37.8 Å². The van der Waals surface area contributed by atoms with E-state index in [1.54, 1.807) is 12.3 Å². The summed E-state index contributed by atoms with van der Waals surface area (Å²) in [5.74, 6) is 2.50. The molecule has 4 heteroatoms. The van der Waals surface area contributed by atoms with Gasteiger partial charge in [0, 0.05) is 12.7 Å². The highest BCUT2D eigenvalue weighted by molar-refractivity contribution is 6.30. The lowest BCUT2D eigenvalue weighted by Gasteiger charge is -2.26. The lowest BCUT2D eigenvalue weighted by molar-refractivity contribution is 0.274. The molecule has 3 nitrogen and oxygen atoms in total. The third-order valence-corrected chi connectivity index (χ3v) is 3.98. The smallest absolute Gasteiger partial charge is 0.149 e. The van der Waals surface area contributed by atoms with Crippen molar-refractivity contribution in [2.75, 3.05) is 17.6 Å². The van der Waals surface area contributed by atoms with Crippen LogP contribution in [0.15, 0.2) is 12.3 Å². The van der Waals surface area contributed by atoms with Gasteiger partial charge in [-0.25, -0.2) is 4.98 Å². The minimum atomic E-state index is 0.583. The molecule has 0 saturated heterocycles. The average molecular weight is 268 g/mol. The molecule has 1 aromatic heterocycles. The zero-order chi connectivity index (χ0) is 13.0. The Hall–Kier alpha value is -0.960. The number of halogens is 1. The second-order valence-electron chi connectivity index (χ2n) is 5.44. The second-order valence-corrected chi connectivity index (χ2v) is 5.88. The van der Waals surface area contributed by atoms with Crippen molar-refractivity contribution in [3.63, 3.8) is 0 Å². The molecule has 1 heterocycles. The van der Waals surface area contributed by atoms with E-state index in [1.165, 1.54) is 32.1 Å². The third-order valence-electron chi connectivity index (χ3n) is 3.77. The Balaban J connectivity index is 1.77. The molecule has 2 atom stereocenters. The minimum absolute atomic E-state index is 0.583. The van der Waals surface area contributed by atoms with E-state index in [0.29, 0.717) is 10.7 Å². The van der Waals surface area contributed by atoms with E-state index in [0.717, 1.165) is 24.2 Å². The monoisotopic (exact) mass is 267 g/mol. The first-order valence-corrected chi connectivity index (χ1v) is 7.18. The molecular weight excluding hydrogens is 246 g/mol. The normalized spacial score (nSPS) is 23.9. The topological polar surface area (TPSA) is 50.9 Å². The Bertz CT molecular complexity index is 395. The number of nitrogen functional groups attached to an aromatic ring is 1. The van der Waals surface area contributed by atoms with Crippen LogP contribution in [-0.2, 0) is 0 Å². The zero-order valence-corrected chi connectivity index (χ0v) is 11.7. The maximum absolute atomic E-state index is 5.85. The molecule has 100 valence electrons. The predicted octanol–water partition coefficient (Wildman–Crippen LogP) is 3.95. The molecule has 0 aliphatic heterocycles. The number of anilines is 2. The highest BCUT2D eigenvalue weighted by Gasteiger charge is 2.18. The molecule has 0 radical (unpaired) electrons. The number of aromatic nitrogens is 1. The molecule has 0 spiro atoms. The van der Waals surface area contributed by atoms with Crippen molar-refractivity contribution in [2.45, 2.75) is 39.0 Å². The van der Waals surface area contributed by atoms with Gasteiger partial charge in [0.25, 0.3) is 0 Å². The molecule has 1 fully saturated rings. The predicted molar refractivity (Wildman–Crippen MR) is 77.9 cm³/mol. The van der Waals surface area contributed by atoms with Crippen molar-refractivity contribution in [2.24, 2.45) is 11.8 Å². The molecule has 0 bridgehead atoms. The first-order chi connectivity index (χ1) is 8.65. The molecule has 0 amide bonds. The van der Waals surface area contributed by atoms with Crippen LogP contribution in [-0.4, -0.2) is 11.5 Å². The van der Waals surface area contributed by atoms with Crippen molar-refractivity contribution in [3.05, 3.63) is 17.3 Å². The van der Waals surface area contributed by atoms with Gasteiger partial charge >= 0.3 is 0 Å². The Morgan fingerprint density at radius 1 is 1.50 bits per heavy atom. The van der Waals surface area contributed by atoms with Gasteiger partial charge in [-0.15, -0.1) is 0 Å². The van der Waals surface area contributed by atoms with E-state index in [1.807, 2.05) is 0 Å². The Labute approximate surface area is 114 Å². The molecular formula is C14H22ClN3. The summed E-state index contributed by atoms with van der Waals surface area (Å²) in [4.78, 5) is 4.21. The van der Waals surface area contributed by atoms with Gasteiger partial charge < -0.3 is 11.1 Å². The molecule has 1 saturated carbocycles. The van der Waals surface area contributed by atoms with Crippen LogP contribution in [0.1, 0.15) is 39.0 Å². The quantitative estimate of drug-likeness (QED) is 0.869. The number of hydrogen-bond donors (Lipinski definition) is 2. The van der Waals surface area contributed by atoms with Crippen LogP contribution in [0.4, 0.5) is 11.5 Å². The Morgan fingerprint density at radius 3 is 3.06 bits per heavy atom. The van der Waals surface area contributed by atoms with E-state index < -0.39 is 0 Å². The van der Waals surface area contributed by atoms with Crippen LogP contribution in [0, 0.1) is 11.8 Å². The molecule has 18 heavy (non-hydrogen) atoms. The second kappa shape index (κ2) is 6.28. The highest BCUT2D eigenvalue weighted by Crippen LogP contribution is 2.30. The molecule has 2 unspecified atom stereocenters. The summed E-state index contributed by atoms with van der Waals surface area (Å²) in [7, 11) is 0. The molecule has 3 N–H and O–H groups in total. The summed E-state index contributed by atoms with van der Waals surface area (Å²) in [5, 5.41) is 3.89. The standard InChI is InChI=1S/C14H22ClN3/c1-10-3-2-4-11(7-10)5-6-17-14-13(16)8-12(15)9-18-14/h8-11H,2-7,16H2,1H3,(H,17,18). The lowest BCUT2D eigenvalue weighted by atomic mass is 9.81. The van der Waals surface area contributed by atoms with Gasteiger partial charge in [0.1, 0.15) is 5.82 Å². The van der Waals surface area contributed by atoms with Crippen molar-refractivity contribution in [3.8, 4) is 0 Å². The van der Waals surface area contributed by atoms with Gasteiger partial charge in [-0.2, -0.15) is 0 Å². The van der Waals surface area contributed by atoms with Crippen molar-refractivity contribution in [1.82, 2.24) is 4.98 Å². The fourth-order valence-corrected chi connectivity index (χ4v) is 2.99. The molecule has 1 aliphatic rings. The minimum Gasteiger partial charge on any atom is -0.396 e. The van der Waals surface area contributed by atoms with Crippen molar-refractivity contribution < 1.29 is 0 Å². The van der Waals surface area contributed by atoms with E-state index >= 15 is 0 Å². The average Bonchev–Trinajstić information content (AvgIpc) is 2.32. The van der Waals surface area contributed by atoms with Crippen LogP contribution in [0.5, 0.6) is 0 Å². The van der Waals surface area contributed by atoms with E-state index in [-0.39, 0.29) is 0 Å². The maximum Gasteiger partial charge on any atom is 0.149 e. The molecule has 1 aromatic rings. The van der Waals surface area contributed by atoms with Gasteiger partial charge in [0.05, 0.1) is 10.7 Å². The Morgan fingerprint density at radius 2 is 2.33 bits per heavy atom. The van der Waals surface area contributed by atoms with Crippen molar-refractivity contribution >= 4 is 23.1 Å². The van der Waals surface area contributed by atoms with E-state index in [2.05, 4.69) is 17.2 Å². The summed E-state index contributed by atoms with van der Waals surface area (Å²) in [6.07, 6.45) is 8.35. The lowest BCUT2D eigenvalue weighted by Crippen LogP contribution is -2.17. The fraction of sp³-hybridized carbons (Fsp3) is 0.643. The fourth-order valence-electron chi connectivity index (χ4n) is 2.82. The van der Waals surface area contributed by atoms with Crippen LogP contribution >= 0.6 is 11.6 Å². The van der Waals surface area contributed by atoms with Gasteiger partial charge in [0.15, 0.2) is 0 Å². The summed E-state index contributed by atoms with van der Waals surface area (Å²) < 4.78 is 0. The van der Waals surface area contributed by atoms with Crippen LogP contribution in [0.2, 0.25) is 5.02 Å². The van der Waals surface area contributed by atoms with E-state index in [9.17, 15) is 0 Å². The maximum atomic E-state index is 5.85.